The quantitative estimate of drug-likeness (QED) is 0.645. The highest BCUT2D eigenvalue weighted by molar-refractivity contribution is 5.95. The molecule has 9 nitrogen and oxygen atoms in total. The molecular formula is C12H12N4O5. The molecule has 0 saturated heterocycles. The van der Waals surface area contributed by atoms with Crippen LogP contribution in [0.3, 0.4) is 0 Å². The molecule has 0 aliphatic heterocycles. The van der Waals surface area contributed by atoms with Gasteiger partial charge in [-0.05, 0) is 29.2 Å². The molecule has 2 N–H and O–H groups in total. The molecule has 1 aromatic heterocycles. The van der Waals surface area contributed by atoms with Gasteiger partial charge in [0.25, 0.3) is 0 Å². The highest BCUT2D eigenvalue weighted by Gasteiger charge is 2.42. The number of nitro groups is 1. The number of benzene rings is 1. The fraction of sp³-hybridized carbons (Fsp3) is 0.417. The van der Waals surface area contributed by atoms with E-state index in [-0.39, 0.29) is 16.7 Å². The SMILES string of the molecule is O=C(O)C1(Nc2ccc([N+](=O)[O-])c3nonc23)CCCC1. The molecule has 0 spiro atoms. The van der Waals surface area contributed by atoms with Crippen LogP contribution in [-0.2, 0) is 4.79 Å². The van der Waals surface area contributed by atoms with Crippen LogP contribution < -0.4 is 5.32 Å². The standard InChI is InChI=1S/C12H12N4O5/c17-11(18)12(5-1-2-6-12)13-7-3-4-8(16(19)20)10-9(7)14-21-15-10/h3-4,13H,1-2,5-6H2,(H,17,18). The van der Waals surface area contributed by atoms with Gasteiger partial charge in [-0.25, -0.2) is 9.42 Å². The highest BCUT2D eigenvalue weighted by Crippen LogP contribution is 2.36. The number of fused-ring (bicyclic) bond motifs is 1. The van der Waals surface area contributed by atoms with Crippen LogP contribution in [0.5, 0.6) is 0 Å². The van der Waals surface area contributed by atoms with Gasteiger partial charge in [0, 0.05) is 6.07 Å². The van der Waals surface area contributed by atoms with E-state index in [4.69, 9.17) is 0 Å². The van der Waals surface area contributed by atoms with Crippen molar-refractivity contribution in [2.24, 2.45) is 0 Å². The number of nitrogens with zero attached hydrogens (tertiary/aromatic N) is 3. The van der Waals surface area contributed by atoms with Crippen molar-refractivity contribution in [2.75, 3.05) is 5.32 Å². The van der Waals surface area contributed by atoms with E-state index in [2.05, 4.69) is 20.3 Å². The van der Waals surface area contributed by atoms with Crippen LogP contribution in [0.15, 0.2) is 16.8 Å². The maximum atomic E-state index is 11.5. The van der Waals surface area contributed by atoms with Gasteiger partial charge in [-0.2, -0.15) is 0 Å². The van der Waals surface area contributed by atoms with E-state index in [1.165, 1.54) is 12.1 Å². The maximum absolute atomic E-state index is 11.5. The average molecular weight is 292 g/mol. The van der Waals surface area contributed by atoms with Crippen LogP contribution in [0.1, 0.15) is 25.7 Å². The van der Waals surface area contributed by atoms with Crippen LogP contribution in [-0.4, -0.2) is 31.9 Å². The Bertz CT molecular complexity index is 720. The van der Waals surface area contributed by atoms with Crippen molar-refractivity contribution < 1.29 is 19.5 Å². The third kappa shape index (κ3) is 2.06. The Morgan fingerprint density at radius 2 is 2.00 bits per heavy atom. The van der Waals surface area contributed by atoms with Crippen molar-refractivity contribution in [2.45, 2.75) is 31.2 Å². The zero-order valence-electron chi connectivity index (χ0n) is 10.9. The molecule has 1 saturated carbocycles. The van der Waals surface area contributed by atoms with E-state index >= 15 is 0 Å². The van der Waals surface area contributed by atoms with Crippen molar-refractivity contribution >= 4 is 28.4 Å². The first-order valence-electron chi connectivity index (χ1n) is 6.45. The third-order valence-corrected chi connectivity index (χ3v) is 3.83. The van der Waals surface area contributed by atoms with Crippen LogP contribution in [0.2, 0.25) is 0 Å². The van der Waals surface area contributed by atoms with Gasteiger partial charge in [-0.15, -0.1) is 0 Å². The average Bonchev–Trinajstić information content (AvgIpc) is 3.07. The minimum atomic E-state index is -1.07. The van der Waals surface area contributed by atoms with Crippen molar-refractivity contribution in [3.63, 3.8) is 0 Å². The summed E-state index contributed by atoms with van der Waals surface area (Å²) in [4.78, 5) is 21.9. The summed E-state index contributed by atoms with van der Waals surface area (Å²) in [6.45, 7) is 0. The maximum Gasteiger partial charge on any atom is 0.329 e. The summed E-state index contributed by atoms with van der Waals surface area (Å²) in [5.74, 6) is -0.942. The van der Waals surface area contributed by atoms with Crippen molar-refractivity contribution in [1.29, 1.82) is 0 Å². The van der Waals surface area contributed by atoms with E-state index < -0.39 is 16.4 Å². The first-order valence-corrected chi connectivity index (χ1v) is 6.45. The van der Waals surface area contributed by atoms with Crippen molar-refractivity contribution in [3.05, 3.63) is 22.2 Å². The number of carboxylic acids is 1. The minimum Gasteiger partial charge on any atom is -0.480 e. The van der Waals surface area contributed by atoms with Crippen LogP contribution in [0.25, 0.3) is 11.0 Å². The number of aromatic nitrogens is 2. The Morgan fingerprint density at radius 1 is 1.33 bits per heavy atom. The molecule has 1 fully saturated rings. The Balaban J connectivity index is 2.06. The van der Waals surface area contributed by atoms with Crippen LogP contribution in [0, 0.1) is 10.1 Å². The minimum absolute atomic E-state index is 0.00327. The number of anilines is 1. The molecule has 0 atom stereocenters. The summed E-state index contributed by atoms with van der Waals surface area (Å²) < 4.78 is 4.56. The molecule has 21 heavy (non-hydrogen) atoms. The molecule has 2 aromatic rings. The monoisotopic (exact) mass is 292 g/mol. The largest absolute Gasteiger partial charge is 0.480 e. The molecule has 0 amide bonds. The fourth-order valence-corrected chi connectivity index (χ4v) is 2.73. The lowest BCUT2D eigenvalue weighted by Crippen LogP contribution is -2.43. The number of hydrogen-bond donors (Lipinski definition) is 2. The molecule has 0 unspecified atom stereocenters. The van der Waals surface area contributed by atoms with Gasteiger partial charge in [-0.1, -0.05) is 12.8 Å². The van der Waals surface area contributed by atoms with Gasteiger partial charge in [0.15, 0.2) is 5.52 Å². The number of nitro benzene ring substituents is 1. The molecule has 1 aromatic carbocycles. The first-order chi connectivity index (χ1) is 10.0. The summed E-state index contributed by atoms with van der Waals surface area (Å²) in [5, 5.41) is 30.5. The number of nitrogens with one attached hydrogen (secondary N) is 1. The van der Waals surface area contributed by atoms with E-state index in [9.17, 15) is 20.0 Å². The second-order valence-electron chi connectivity index (χ2n) is 5.07. The smallest absolute Gasteiger partial charge is 0.329 e. The Morgan fingerprint density at radius 3 is 2.62 bits per heavy atom. The van der Waals surface area contributed by atoms with Gasteiger partial charge >= 0.3 is 11.7 Å². The lowest BCUT2D eigenvalue weighted by molar-refractivity contribution is -0.383. The molecule has 0 radical (unpaired) electrons. The van der Waals surface area contributed by atoms with Crippen molar-refractivity contribution in [1.82, 2.24) is 10.3 Å². The van der Waals surface area contributed by atoms with Crippen LogP contribution in [0.4, 0.5) is 11.4 Å². The number of rotatable bonds is 4. The topological polar surface area (TPSA) is 131 Å². The Kier molecular flexibility index (Phi) is 2.96. The molecule has 1 aliphatic rings. The predicted octanol–water partition coefficient (Wildman–Crippen LogP) is 1.94. The highest BCUT2D eigenvalue weighted by atomic mass is 16.6. The number of non-ortho nitro benzene ring substituents is 1. The molecule has 3 rings (SSSR count). The molecule has 9 heteroatoms. The number of carboxylic acid groups (broad SMARTS) is 1. The summed E-state index contributed by atoms with van der Waals surface area (Å²) in [7, 11) is 0. The lowest BCUT2D eigenvalue weighted by atomic mass is 9.97. The Hall–Kier alpha value is -2.71. The zero-order chi connectivity index (χ0) is 15.0. The summed E-state index contributed by atoms with van der Waals surface area (Å²) in [6, 6.07) is 2.70. The predicted molar refractivity (Wildman–Crippen MR) is 70.9 cm³/mol. The molecule has 0 bridgehead atoms. The number of carbonyl (C=O) groups is 1. The van der Waals surface area contributed by atoms with Crippen LogP contribution >= 0.6 is 0 Å². The molecule has 1 heterocycles. The second kappa shape index (κ2) is 4.69. The third-order valence-electron chi connectivity index (χ3n) is 3.83. The summed E-state index contributed by atoms with van der Waals surface area (Å²) in [6.07, 6.45) is 2.61. The van der Waals surface area contributed by atoms with E-state index in [0.29, 0.717) is 18.5 Å². The molecular weight excluding hydrogens is 280 g/mol. The number of hydrogen-bond acceptors (Lipinski definition) is 7. The van der Waals surface area contributed by atoms with Crippen molar-refractivity contribution in [3.8, 4) is 0 Å². The number of aliphatic carboxylic acids is 1. The fourth-order valence-electron chi connectivity index (χ4n) is 2.73. The van der Waals surface area contributed by atoms with Gasteiger partial charge in [-0.3, -0.25) is 10.1 Å². The van der Waals surface area contributed by atoms with E-state index in [1.54, 1.807) is 0 Å². The zero-order valence-corrected chi connectivity index (χ0v) is 10.9. The second-order valence-corrected chi connectivity index (χ2v) is 5.07. The van der Waals surface area contributed by atoms with Gasteiger partial charge in [0.05, 0.1) is 10.6 Å². The first kappa shape index (κ1) is 13.3. The molecule has 110 valence electrons. The van der Waals surface area contributed by atoms with Gasteiger partial charge < -0.3 is 10.4 Å². The van der Waals surface area contributed by atoms with E-state index in [1.807, 2.05) is 0 Å². The van der Waals surface area contributed by atoms with E-state index in [0.717, 1.165) is 12.8 Å². The summed E-state index contributed by atoms with van der Waals surface area (Å²) in [5.41, 5.74) is -0.754. The summed E-state index contributed by atoms with van der Waals surface area (Å²) >= 11 is 0. The van der Waals surface area contributed by atoms with Gasteiger partial charge in [0.2, 0.25) is 5.52 Å². The molecule has 1 aliphatic carbocycles. The normalized spacial score (nSPS) is 17.0. The lowest BCUT2D eigenvalue weighted by Gasteiger charge is -2.26. The Labute approximate surface area is 118 Å². The van der Waals surface area contributed by atoms with Gasteiger partial charge in [0.1, 0.15) is 5.54 Å².